The molecule has 0 saturated heterocycles. The lowest BCUT2D eigenvalue weighted by Crippen LogP contribution is -2.28. The number of fused-ring (bicyclic) bond motifs is 3. The minimum Gasteiger partial charge on any atom is -0.492 e. The Balaban J connectivity index is 1.67. The van der Waals surface area contributed by atoms with Crippen LogP contribution in [0.1, 0.15) is 17.4 Å². The van der Waals surface area contributed by atoms with Crippen LogP contribution in [0, 0.1) is 13.8 Å². The minimum atomic E-state index is -0.402. The average molecular weight is 397 g/mol. The molecule has 0 saturated carbocycles. The highest BCUT2D eigenvalue weighted by Crippen LogP contribution is 2.30. The number of hydrogen-bond donors (Lipinski definition) is 1. The number of benzene rings is 1. The molecule has 0 atom stereocenters. The van der Waals surface area contributed by atoms with Crippen LogP contribution in [-0.4, -0.2) is 31.7 Å². The van der Waals surface area contributed by atoms with Crippen LogP contribution in [0.5, 0.6) is 5.75 Å². The molecule has 0 aliphatic heterocycles. The van der Waals surface area contributed by atoms with Gasteiger partial charge in [-0.1, -0.05) is 12.1 Å². The zero-order chi connectivity index (χ0) is 19.8. The fourth-order valence-corrected chi connectivity index (χ4v) is 4.04. The number of anilines is 1. The van der Waals surface area contributed by atoms with E-state index in [2.05, 4.69) is 15.4 Å². The molecule has 0 aliphatic rings. The summed E-state index contributed by atoms with van der Waals surface area (Å²) in [5, 5.41) is 8.03. The number of carbonyl (C=O) groups is 1. The van der Waals surface area contributed by atoms with Crippen LogP contribution in [-0.2, 0) is 11.3 Å². The first-order valence-electron chi connectivity index (χ1n) is 8.85. The van der Waals surface area contributed by atoms with E-state index in [0.717, 1.165) is 25.3 Å². The van der Waals surface area contributed by atoms with Gasteiger partial charge in [0.2, 0.25) is 5.91 Å². The number of thiophene rings is 1. The lowest BCUT2D eigenvalue weighted by Gasteiger charge is -2.10. The summed E-state index contributed by atoms with van der Waals surface area (Å²) in [5.74, 6) is 0.219. The lowest BCUT2D eigenvalue weighted by atomic mass is 10.2. The van der Waals surface area contributed by atoms with Gasteiger partial charge in [-0.3, -0.25) is 4.79 Å². The molecule has 4 aromatic rings. The van der Waals surface area contributed by atoms with Crippen molar-refractivity contribution in [2.45, 2.75) is 27.3 Å². The van der Waals surface area contributed by atoms with E-state index in [4.69, 9.17) is 4.74 Å². The second-order valence-corrected chi connectivity index (χ2v) is 7.52. The Kier molecular flexibility index (Phi) is 4.60. The maximum Gasteiger partial charge on any atom is 0.352 e. The van der Waals surface area contributed by atoms with Crippen LogP contribution < -0.4 is 15.7 Å². The van der Waals surface area contributed by atoms with Crippen LogP contribution in [0.15, 0.2) is 35.4 Å². The van der Waals surface area contributed by atoms with Crippen molar-refractivity contribution in [3.8, 4) is 5.75 Å². The summed E-state index contributed by atoms with van der Waals surface area (Å²) in [4.78, 5) is 31.5. The maximum atomic E-state index is 12.7. The van der Waals surface area contributed by atoms with Gasteiger partial charge in [0.05, 0.1) is 17.7 Å². The van der Waals surface area contributed by atoms with Crippen molar-refractivity contribution in [2.75, 3.05) is 11.9 Å². The van der Waals surface area contributed by atoms with Crippen LogP contribution in [0.3, 0.4) is 0 Å². The number of nitrogens with zero attached hydrogens (tertiary/aromatic N) is 4. The van der Waals surface area contributed by atoms with Gasteiger partial charge in [0.1, 0.15) is 23.5 Å². The molecule has 0 unspecified atom stereocenters. The largest absolute Gasteiger partial charge is 0.492 e. The molecule has 4 rings (SSSR count). The van der Waals surface area contributed by atoms with Crippen LogP contribution in [0.4, 0.5) is 5.69 Å². The van der Waals surface area contributed by atoms with Crippen LogP contribution in [0.25, 0.3) is 15.9 Å². The molecule has 1 aromatic carbocycles. The second kappa shape index (κ2) is 7.08. The van der Waals surface area contributed by atoms with Crippen molar-refractivity contribution in [3.05, 3.63) is 51.5 Å². The van der Waals surface area contributed by atoms with Gasteiger partial charge in [0, 0.05) is 4.88 Å². The first-order valence-corrected chi connectivity index (χ1v) is 9.66. The SMILES string of the molecule is CCOc1ccccc1NC(=O)Cn1nc2c3c(C)c(C)sc3ncn2c1=O. The van der Waals surface area contributed by atoms with Gasteiger partial charge >= 0.3 is 5.69 Å². The summed E-state index contributed by atoms with van der Waals surface area (Å²) in [6.45, 7) is 6.15. The molecule has 0 bridgehead atoms. The molecule has 28 heavy (non-hydrogen) atoms. The van der Waals surface area contributed by atoms with Crippen molar-refractivity contribution in [3.63, 3.8) is 0 Å². The molecule has 0 fully saturated rings. The third-order valence-electron chi connectivity index (χ3n) is 4.51. The summed E-state index contributed by atoms with van der Waals surface area (Å²) in [5.41, 5.74) is 1.71. The zero-order valence-electron chi connectivity index (χ0n) is 15.7. The smallest absolute Gasteiger partial charge is 0.352 e. The summed E-state index contributed by atoms with van der Waals surface area (Å²) in [6, 6.07) is 7.16. The summed E-state index contributed by atoms with van der Waals surface area (Å²) in [7, 11) is 0. The molecular formula is C19H19N5O3S. The highest BCUT2D eigenvalue weighted by Gasteiger charge is 2.17. The van der Waals surface area contributed by atoms with E-state index < -0.39 is 5.69 Å². The molecule has 8 nitrogen and oxygen atoms in total. The van der Waals surface area contributed by atoms with E-state index in [9.17, 15) is 9.59 Å². The van der Waals surface area contributed by atoms with Crippen molar-refractivity contribution >= 4 is 38.8 Å². The minimum absolute atomic E-state index is 0.204. The Morgan fingerprint density at radius 1 is 1.29 bits per heavy atom. The van der Waals surface area contributed by atoms with Gasteiger partial charge in [0.25, 0.3) is 0 Å². The first-order chi connectivity index (χ1) is 13.5. The van der Waals surface area contributed by atoms with E-state index in [-0.39, 0.29) is 12.5 Å². The van der Waals surface area contributed by atoms with Gasteiger partial charge in [-0.25, -0.2) is 18.9 Å². The van der Waals surface area contributed by atoms with Crippen molar-refractivity contribution in [1.29, 1.82) is 0 Å². The molecule has 0 aliphatic carbocycles. The highest BCUT2D eigenvalue weighted by atomic mass is 32.1. The van der Waals surface area contributed by atoms with E-state index in [1.165, 1.54) is 10.7 Å². The van der Waals surface area contributed by atoms with Gasteiger partial charge in [-0.05, 0) is 38.5 Å². The molecule has 1 N–H and O–H groups in total. The fraction of sp³-hybridized carbons (Fsp3) is 0.263. The number of para-hydroxylation sites is 2. The molecule has 3 aromatic heterocycles. The Hall–Kier alpha value is -3.20. The standard InChI is InChI=1S/C19H19N5O3S/c1-4-27-14-8-6-5-7-13(14)21-15(25)9-24-19(26)23-10-20-18-16(17(23)22-24)11(2)12(3)28-18/h5-8,10H,4,9H2,1-3H3,(H,21,25). The number of carbonyl (C=O) groups excluding carboxylic acids is 1. The van der Waals surface area contributed by atoms with Gasteiger partial charge in [-0.15, -0.1) is 16.4 Å². The molecule has 1 amide bonds. The number of hydrogen-bond acceptors (Lipinski definition) is 6. The first kappa shape index (κ1) is 18.2. The van der Waals surface area contributed by atoms with Crippen LogP contribution in [0.2, 0.25) is 0 Å². The summed E-state index contributed by atoms with van der Waals surface area (Å²) >= 11 is 1.56. The molecule has 3 heterocycles. The third kappa shape index (κ3) is 3.03. The van der Waals surface area contributed by atoms with Gasteiger partial charge in [-0.2, -0.15) is 0 Å². The predicted octanol–water partition coefficient (Wildman–Crippen LogP) is 2.76. The monoisotopic (exact) mass is 397 g/mol. The van der Waals surface area contributed by atoms with E-state index >= 15 is 0 Å². The molecular weight excluding hydrogens is 378 g/mol. The molecule has 0 spiro atoms. The van der Waals surface area contributed by atoms with Gasteiger partial charge < -0.3 is 10.1 Å². The average Bonchev–Trinajstić information content (AvgIpc) is 3.14. The lowest BCUT2D eigenvalue weighted by molar-refractivity contribution is -0.117. The molecule has 0 radical (unpaired) electrons. The number of nitrogens with one attached hydrogen (secondary N) is 1. The Morgan fingerprint density at radius 2 is 2.07 bits per heavy atom. The van der Waals surface area contributed by atoms with Crippen molar-refractivity contribution < 1.29 is 9.53 Å². The fourth-order valence-electron chi connectivity index (χ4n) is 3.05. The predicted molar refractivity (Wildman–Crippen MR) is 108 cm³/mol. The summed E-state index contributed by atoms with van der Waals surface area (Å²) in [6.07, 6.45) is 1.46. The van der Waals surface area contributed by atoms with Gasteiger partial charge in [0.15, 0.2) is 5.65 Å². The van der Waals surface area contributed by atoms with Crippen molar-refractivity contribution in [2.24, 2.45) is 0 Å². The Morgan fingerprint density at radius 3 is 2.86 bits per heavy atom. The quantitative estimate of drug-likeness (QED) is 0.559. The highest BCUT2D eigenvalue weighted by molar-refractivity contribution is 7.18. The Labute approximate surface area is 164 Å². The van der Waals surface area contributed by atoms with Crippen LogP contribution >= 0.6 is 11.3 Å². The number of rotatable bonds is 5. The molecule has 144 valence electrons. The second-order valence-electron chi connectivity index (χ2n) is 6.32. The van der Waals surface area contributed by atoms with E-state index in [1.54, 1.807) is 29.5 Å². The van der Waals surface area contributed by atoms with E-state index in [0.29, 0.717) is 23.7 Å². The zero-order valence-corrected chi connectivity index (χ0v) is 16.5. The summed E-state index contributed by atoms with van der Waals surface area (Å²) < 4.78 is 8.05. The third-order valence-corrected chi connectivity index (χ3v) is 5.62. The maximum absolute atomic E-state index is 12.7. The topological polar surface area (TPSA) is 90.5 Å². The van der Waals surface area contributed by atoms with Crippen molar-refractivity contribution in [1.82, 2.24) is 19.2 Å². The number of ether oxygens (including phenoxy) is 1. The molecule has 9 heteroatoms. The number of aromatic nitrogens is 4. The normalized spacial score (nSPS) is 11.2. The Bertz CT molecular complexity index is 1250. The van der Waals surface area contributed by atoms with E-state index in [1.807, 2.05) is 26.8 Å². The number of amides is 1. The number of aryl methyl sites for hydroxylation is 2.